The van der Waals surface area contributed by atoms with Gasteiger partial charge in [-0.1, -0.05) is 30.3 Å². The quantitative estimate of drug-likeness (QED) is 0.555. The fourth-order valence-corrected chi connectivity index (χ4v) is 5.16. The molecule has 2 aromatic heterocycles. The van der Waals surface area contributed by atoms with Gasteiger partial charge >= 0.3 is 0 Å². The Bertz CT molecular complexity index is 1130. The highest BCUT2D eigenvalue weighted by atomic mass is 16.2. The van der Waals surface area contributed by atoms with E-state index in [0.717, 1.165) is 68.1 Å². The molecule has 0 bridgehead atoms. The first kappa shape index (κ1) is 21.8. The van der Waals surface area contributed by atoms with E-state index in [2.05, 4.69) is 47.4 Å². The molecule has 1 amide bonds. The van der Waals surface area contributed by atoms with Crippen molar-refractivity contribution >= 4 is 11.7 Å². The van der Waals surface area contributed by atoms with E-state index in [0.29, 0.717) is 13.0 Å². The zero-order valence-electron chi connectivity index (χ0n) is 19.6. The lowest BCUT2D eigenvalue weighted by atomic mass is 10.0. The van der Waals surface area contributed by atoms with Gasteiger partial charge in [0.1, 0.15) is 11.6 Å². The zero-order chi connectivity index (χ0) is 22.8. The summed E-state index contributed by atoms with van der Waals surface area (Å²) < 4.78 is 1.85. The molecule has 5 rings (SSSR count). The molecule has 4 heterocycles. The minimum Gasteiger partial charge on any atom is -0.296 e. The predicted octanol–water partition coefficient (Wildman–Crippen LogP) is 3.77. The molecule has 1 fully saturated rings. The van der Waals surface area contributed by atoms with Crippen molar-refractivity contribution in [2.24, 2.45) is 7.05 Å². The number of hydrogen-bond donors (Lipinski definition) is 0. The molecule has 0 aliphatic carbocycles. The van der Waals surface area contributed by atoms with E-state index in [1.807, 2.05) is 28.9 Å². The van der Waals surface area contributed by atoms with E-state index in [1.165, 1.54) is 11.1 Å². The van der Waals surface area contributed by atoms with Gasteiger partial charge < -0.3 is 0 Å². The first-order valence-electron chi connectivity index (χ1n) is 12.0. The summed E-state index contributed by atoms with van der Waals surface area (Å²) in [5.41, 5.74) is 4.66. The zero-order valence-corrected chi connectivity index (χ0v) is 19.6. The molecule has 172 valence electrons. The van der Waals surface area contributed by atoms with E-state index in [9.17, 15) is 4.79 Å². The third-order valence-electron chi connectivity index (χ3n) is 6.85. The van der Waals surface area contributed by atoms with Crippen LogP contribution in [0.3, 0.4) is 0 Å². The van der Waals surface area contributed by atoms with Crippen LogP contribution in [0.25, 0.3) is 0 Å². The van der Waals surface area contributed by atoms with Gasteiger partial charge in [-0.2, -0.15) is 5.10 Å². The second kappa shape index (κ2) is 9.43. The number of hydrogen-bond acceptors (Lipinski definition) is 5. The van der Waals surface area contributed by atoms with Crippen molar-refractivity contribution in [2.75, 3.05) is 18.0 Å². The fourth-order valence-electron chi connectivity index (χ4n) is 5.16. The molecule has 1 saturated heterocycles. The summed E-state index contributed by atoms with van der Waals surface area (Å²) in [5.74, 6) is 1.88. The highest BCUT2D eigenvalue weighted by Crippen LogP contribution is 2.35. The Morgan fingerprint density at radius 1 is 1.09 bits per heavy atom. The number of amides is 1. The second-order valence-electron chi connectivity index (χ2n) is 9.25. The van der Waals surface area contributed by atoms with Crippen LogP contribution < -0.4 is 4.90 Å². The SMILES string of the molecule is Cc1nc([C@@H]2CCCN2Cc2cnn(C)c2)nc2c1CCC(=O)N2CCCc1ccccc1. The fraction of sp³-hybridized carbons (Fsp3) is 0.462. The van der Waals surface area contributed by atoms with Crippen LogP contribution in [0.2, 0.25) is 0 Å². The number of carbonyl (C=O) groups is 1. The largest absolute Gasteiger partial charge is 0.296 e. The van der Waals surface area contributed by atoms with Crippen molar-refractivity contribution in [1.82, 2.24) is 24.6 Å². The van der Waals surface area contributed by atoms with Gasteiger partial charge in [0.15, 0.2) is 0 Å². The standard InChI is InChI=1S/C26H32N6O/c1-19-22-12-13-24(33)32(15-6-10-20-8-4-3-5-9-20)26(22)29-25(28-19)23-11-7-14-31(23)18-21-16-27-30(2)17-21/h3-5,8-9,16-17,23H,6-7,10-15,18H2,1-2H3/t23-/m0/s1. The number of likely N-dealkylation sites (tertiary alicyclic amines) is 1. The van der Waals surface area contributed by atoms with Crippen LogP contribution in [-0.2, 0) is 31.2 Å². The average molecular weight is 445 g/mol. The lowest BCUT2D eigenvalue weighted by molar-refractivity contribution is -0.119. The Morgan fingerprint density at radius 3 is 2.73 bits per heavy atom. The maximum Gasteiger partial charge on any atom is 0.228 e. The molecule has 33 heavy (non-hydrogen) atoms. The molecule has 3 aromatic rings. The number of rotatable bonds is 7. The Kier molecular flexibility index (Phi) is 6.22. The molecule has 1 aromatic carbocycles. The first-order valence-corrected chi connectivity index (χ1v) is 12.0. The van der Waals surface area contributed by atoms with Gasteiger partial charge in [0.25, 0.3) is 0 Å². The van der Waals surface area contributed by atoms with Crippen LogP contribution in [0.1, 0.15) is 59.9 Å². The van der Waals surface area contributed by atoms with Crippen LogP contribution in [0.15, 0.2) is 42.7 Å². The lowest BCUT2D eigenvalue weighted by Crippen LogP contribution is -2.38. The number of nitrogens with zero attached hydrogens (tertiary/aromatic N) is 6. The minimum absolute atomic E-state index is 0.178. The monoisotopic (exact) mass is 444 g/mol. The van der Waals surface area contributed by atoms with Gasteiger partial charge in [0, 0.05) is 49.6 Å². The van der Waals surface area contributed by atoms with E-state index in [4.69, 9.17) is 9.97 Å². The van der Waals surface area contributed by atoms with Crippen LogP contribution >= 0.6 is 0 Å². The molecule has 0 radical (unpaired) electrons. The highest BCUT2D eigenvalue weighted by molar-refractivity contribution is 5.95. The summed E-state index contributed by atoms with van der Waals surface area (Å²) in [4.78, 5) is 27.2. The summed E-state index contributed by atoms with van der Waals surface area (Å²) in [7, 11) is 1.95. The molecule has 0 unspecified atom stereocenters. The third-order valence-corrected chi connectivity index (χ3v) is 6.85. The molecule has 2 aliphatic rings. The van der Waals surface area contributed by atoms with Crippen molar-refractivity contribution in [1.29, 1.82) is 0 Å². The predicted molar refractivity (Wildman–Crippen MR) is 128 cm³/mol. The maximum absolute atomic E-state index is 12.9. The summed E-state index contributed by atoms with van der Waals surface area (Å²) in [5, 5.41) is 4.31. The first-order chi connectivity index (χ1) is 16.1. The van der Waals surface area contributed by atoms with Crippen molar-refractivity contribution in [3.05, 3.63) is 70.9 Å². The van der Waals surface area contributed by atoms with Gasteiger partial charge in [-0.25, -0.2) is 9.97 Å². The van der Waals surface area contributed by atoms with Gasteiger partial charge in [0.05, 0.1) is 12.2 Å². The molecule has 0 spiro atoms. The number of aromatic nitrogens is 4. The smallest absolute Gasteiger partial charge is 0.228 e. The molecular weight excluding hydrogens is 412 g/mol. The maximum atomic E-state index is 12.9. The number of benzene rings is 1. The summed E-state index contributed by atoms with van der Waals surface area (Å²) in [6.07, 6.45) is 9.33. The van der Waals surface area contributed by atoms with E-state index >= 15 is 0 Å². The summed E-state index contributed by atoms with van der Waals surface area (Å²) in [6.45, 7) is 4.64. The van der Waals surface area contributed by atoms with Crippen molar-refractivity contribution in [3.63, 3.8) is 0 Å². The third kappa shape index (κ3) is 4.69. The second-order valence-corrected chi connectivity index (χ2v) is 9.25. The van der Waals surface area contributed by atoms with Gasteiger partial charge in [0.2, 0.25) is 5.91 Å². The Balaban J connectivity index is 1.37. The van der Waals surface area contributed by atoms with Crippen molar-refractivity contribution in [2.45, 2.75) is 58.0 Å². The molecule has 0 saturated carbocycles. The Labute approximate surface area is 195 Å². The van der Waals surface area contributed by atoms with Gasteiger partial charge in [-0.05, 0) is 51.1 Å². The summed E-state index contributed by atoms with van der Waals surface area (Å²) >= 11 is 0. The average Bonchev–Trinajstić information content (AvgIpc) is 3.45. The van der Waals surface area contributed by atoms with E-state index in [1.54, 1.807) is 0 Å². The Hall–Kier alpha value is -3.06. The van der Waals surface area contributed by atoms with E-state index in [-0.39, 0.29) is 11.9 Å². The lowest BCUT2D eigenvalue weighted by Gasteiger charge is -2.31. The molecule has 1 atom stereocenters. The number of aryl methyl sites for hydroxylation is 3. The minimum atomic E-state index is 0.178. The number of anilines is 1. The van der Waals surface area contributed by atoms with Gasteiger partial charge in [-0.15, -0.1) is 0 Å². The van der Waals surface area contributed by atoms with Crippen molar-refractivity contribution < 1.29 is 4.79 Å². The number of carbonyl (C=O) groups excluding carboxylic acids is 1. The molecular formula is C26H32N6O. The Morgan fingerprint density at radius 2 is 1.94 bits per heavy atom. The van der Waals surface area contributed by atoms with Crippen LogP contribution in [0.4, 0.5) is 5.82 Å². The molecule has 7 nitrogen and oxygen atoms in total. The molecule has 0 N–H and O–H groups in total. The normalized spacial score (nSPS) is 18.7. The molecule has 2 aliphatic heterocycles. The van der Waals surface area contributed by atoms with Gasteiger partial charge in [-0.3, -0.25) is 19.3 Å². The van der Waals surface area contributed by atoms with E-state index < -0.39 is 0 Å². The summed E-state index contributed by atoms with van der Waals surface area (Å²) in [6, 6.07) is 10.6. The highest BCUT2D eigenvalue weighted by Gasteiger charge is 2.33. The number of fused-ring (bicyclic) bond motifs is 1. The molecule has 7 heteroatoms. The topological polar surface area (TPSA) is 67.2 Å². The van der Waals surface area contributed by atoms with Crippen LogP contribution in [0.5, 0.6) is 0 Å². The van der Waals surface area contributed by atoms with Crippen LogP contribution in [0, 0.1) is 6.92 Å². The van der Waals surface area contributed by atoms with Crippen molar-refractivity contribution in [3.8, 4) is 0 Å². The van der Waals surface area contributed by atoms with Crippen LogP contribution in [-0.4, -0.2) is 43.6 Å².